The Labute approximate surface area is 141 Å². The van der Waals surface area contributed by atoms with Crippen molar-refractivity contribution in [2.45, 2.75) is 16.3 Å². The maximum Gasteiger partial charge on any atom is 0.211 e. The summed E-state index contributed by atoms with van der Waals surface area (Å²) in [5, 5.41) is 4.02. The Balaban J connectivity index is 1.91. The molecule has 0 fully saturated rings. The number of nitrogens with one attached hydrogen (secondary N) is 1. The summed E-state index contributed by atoms with van der Waals surface area (Å²) in [5.41, 5.74) is 2.23. The minimum absolute atomic E-state index is 0.339. The molecule has 0 aliphatic carbocycles. The molecule has 4 rings (SSSR count). The predicted molar refractivity (Wildman–Crippen MR) is 95.7 cm³/mol. The Morgan fingerprint density at radius 3 is 2.62 bits per heavy atom. The number of aromatic nitrogens is 1. The van der Waals surface area contributed by atoms with Crippen molar-refractivity contribution >= 4 is 32.1 Å². The second kappa shape index (κ2) is 5.36. The zero-order valence-electron chi connectivity index (χ0n) is 13.7. The Kier molecular flexibility index (Phi) is 3.40. The molecule has 1 aromatic heterocycles. The van der Waals surface area contributed by atoms with E-state index in [-0.39, 0.29) is 0 Å². The van der Waals surface area contributed by atoms with E-state index in [1.54, 1.807) is 18.2 Å². The van der Waals surface area contributed by atoms with E-state index >= 15 is 0 Å². The first-order valence-corrected chi connectivity index (χ1v) is 9.34. The molecule has 2 aromatic carbocycles. The molecule has 5 nitrogen and oxygen atoms in total. The molecule has 1 aliphatic heterocycles. The molecule has 1 N–H and O–H groups in total. The van der Waals surface area contributed by atoms with Crippen molar-refractivity contribution in [3.05, 3.63) is 48.7 Å². The number of benzene rings is 2. The normalized spacial score (nSPS) is 15.1. The highest BCUT2D eigenvalue weighted by Crippen LogP contribution is 2.42. The van der Waals surface area contributed by atoms with Crippen LogP contribution in [0.5, 0.6) is 0 Å². The van der Waals surface area contributed by atoms with Crippen LogP contribution in [0.1, 0.15) is 0 Å². The van der Waals surface area contributed by atoms with Crippen molar-refractivity contribution < 1.29 is 8.42 Å². The van der Waals surface area contributed by atoms with Crippen LogP contribution >= 0.6 is 0 Å². The van der Waals surface area contributed by atoms with Crippen molar-refractivity contribution in [3.63, 3.8) is 0 Å². The van der Waals surface area contributed by atoms with E-state index in [2.05, 4.69) is 14.8 Å². The van der Waals surface area contributed by atoms with Crippen molar-refractivity contribution in [3.8, 4) is 0 Å². The van der Waals surface area contributed by atoms with Crippen LogP contribution in [0.15, 0.2) is 58.5 Å². The lowest BCUT2D eigenvalue weighted by atomic mass is 10.2. The summed E-state index contributed by atoms with van der Waals surface area (Å²) >= 11 is 0. The minimum atomic E-state index is -3.53. The fraction of sp³-hybridized carbons (Fsp3) is 0.222. The lowest BCUT2D eigenvalue weighted by molar-refractivity contribution is 0.387. The van der Waals surface area contributed by atoms with Gasteiger partial charge in [-0.25, -0.2) is 8.42 Å². The maximum absolute atomic E-state index is 13.1. The van der Waals surface area contributed by atoms with Crippen LogP contribution in [-0.2, 0) is 16.4 Å². The lowest BCUT2D eigenvalue weighted by Crippen LogP contribution is -2.18. The molecular formula is C18H19N3O2S. The van der Waals surface area contributed by atoms with Crippen molar-refractivity contribution in [1.82, 2.24) is 9.47 Å². The molecule has 0 spiro atoms. The highest BCUT2D eigenvalue weighted by molar-refractivity contribution is 7.92. The van der Waals surface area contributed by atoms with Crippen LogP contribution < -0.4 is 5.32 Å². The average molecular weight is 341 g/mol. The molecule has 0 unspecified atom stereocenters. The van der Waals surface area contributed by atoms with Crippen LogP contribution in [-0.4, -0.2) is 38.5 Å². The van der Waals surface area contributed by atoms with Gasteiger partial charge < -0.3 is 14.8 Å². The SMILES string of the molecule is CN(C)CCn1ccc2c3c(ccc21)Nc1ccccc1S3(=O)=O. The first-order valence-electron chi connectivity index (χ1n) is 7.86. The van der Waals surface area contributed by atoms with Gasteiger partial charge in [-0.15, -0.1) is 0 Å². The fourth-order valence-electron chi connectivity index (χ4n) is 3.20. The molecular weight excluding hydrogens is 322 g/mol. The van der Waals surface area contributed by atoms with Crippen LogP contribution in [0.2, 0.25) is 0 Å². The quantitative estimate of drug-likeness (QED) is 0.622. The Hall–Kier alpha value is -2.31. The monoisotopic (exact) mass is 341 g/mol. The van der Waals surface area contributed by atoms with Crippen LogP contribution in [0.4, 0.5) is 11.4 Å². The van der Waals surface area contributed by atoms with E-state index in [9.17, 15) is 8.42 Å². The Morgan fingerprint density at radius 2 is 1.83 bits per heavy atom. The van der Waals surface area contributed by atoms with Gasteiger partial charge >= 0.3 is 0 Å². The highest BCUT2D eigenvalue weighted by atomic mass is 32.2. The van der Waals surface area contributed by atoms with E-state index in [0.717, 1.165) is 24.0 Å². The van der Waals surface area contributed by atoms with Gasteiger partial charge in [0.25, 0.3) is 0 Å². The number of para-hydroxylation sites is 1. The first-order chi connectivity index (χ1) is 11.5. The first kappa shape index (κ1) is 15.2. The van der Waals surface area contributed by atoms with Crippen molar-refractivity contribution in [1.29, 1.82) is 0 Å². The van der Waals surface area contributed by atoms with Crippen molar-refractivity contribution in [2.75, 3.05) is 26.0 Å². The van der Waals surface area contributed by atoms with Gasteiger partial charge in [0.2, 0.25) is 9.84 Å². The van der Waals surface area contributed by atoms with E-state index < -0.39 is 9.84 Å². The summed E-state index contributed by atoms with van der Waals surface area (Å²) in [5.74, 6) is 0. The van der Waals surface area contributed by atoms with Crippen molar-refractivity contribution in [2.24, 2.45) is 0 Å². The van der Waals surface area contributed by atoms with Gasteiger partial charge in [-0.2, -0.15) is 0 Å². The number of hydrogen-bond acceptors (Lipinski definition) is 4. The van der Waals surface area contributed by atoms with E-state index in [0.29, 0.717) is 21.2 Å². The smallest absolute Gasteiger partial charge is 0.211 e. The number of likely N-dealkylation sites (N-methyl/N-ethyl adjacent to an activating group) is 1. The molecule has 0 saturated heterocycles. The summed E-state index contributed by atoms with van der Waals surface area (Å²) < 4.78 is 28.4. The van der Waals surface area contributed by atoms with Gasteiger partial charge in [0, 0.05) is 30.2 Å². The summed E-state index contributed by atoms with van der Waals surface area (Å²) in [6, 6.07) is 12.8. The molecule has 24 heavy (non-hydrogen) atoms. The van der Waals surface area contributed by atoms with Gasteiger partial charge in [0.05, 0.1) is 16.3 Å². The van der Waals surface area contributed by atoms with Gasteiger partial charge in [0.1, 0.15) is 4.90 Å². The van der Waals surface area contributed by atoms with E-state index in [1.807, 2.05) is 44.6 Å². The lowest BCUT2D eigenvalue weighted by Gasteiger charge is -2.22. The second-order valence-electron chi connectivity index (χ2n) is 6.31. The fourth-order valence-corrected chi connectivity index (χ4v) is 4.95. The predicted octanol–water partition coefficient (Wildman–Crippen LogP) is 3.09. The molecule has 3 aromatic rings. The van der Waals surface area contributed by atoms with E-state index in [4.69, 9.17) is 0 Å². The molecule has 0 saturated carbocycles. The third-order valence-electron chi connectivity index (χ3n) is 4.41. The third-order valence-corrected chi connectivity index (χ3v) is 6.32. The Bertz CT molecular complexity index is 1040. The summed E-state index contributed by atoms with van der Waals surface area (Å²) in [6.07, 6.45) is 1.96. The maximum atomic E-state index is 13.1. The standard InChI is InChI=1S/C18H19N3O2S/c1-20(2)11-12-21-10-9-13-16(21)8-7-15-18(13)24(22,23)17-6-4-3-5-14(17)19-15/h3-10,19H,11-12H2,1-2H3. The Morgan fingerprint density at radius 1 is 1.04 bits per heavy atom. The van der Waals surface area contributed by atoms with E-state index in [1.165, 1.54) is 0 Å². The number of sulfone groups is 1. The van der Waals surface area contributed by atoms with Gasteiger partial charge in [-0.05, 0) is 44.4 Å². The van der Waals surface area contributed by atoms with Crippen LogP contribution in [0.25, 0.3) is 10.9 Å². The number of anilines is 2. The second-order valence-corrected chi connectivity index (χ2v) is 8.17. The molecule has 0 atom stereocenters. The summed E-state index contributed by atoms with van der Waals surface area (Å²) in [7, 11) is 0.521. The van der Waals surface area contributed by atoms with Gasteiger partial charge in [0.15, 0.2) is 0 Å². The number of nitrogens with zero attached hydrogens (tertiary/aromatic N) is 2. The topological polar surface area (TPSA) is 54.3 Å². The van der Waals surface area contributed by atoms with Crippen LogP contribution in [0, 0.1) is 0 Å². The number of hydrogen-bond donors (Lipinski definition) is 1. The van der Waals surface area contributed by atoms with Gasteiger partial charge in [-0.1, -0.05) is 12.1 Å². The molecule has 6 heteroatoms. The molecule has 124 valence electrons. The minimum Gasteiger partial charge on any atom is -0.353 e. The molecule has 0 amide bonds. The van der Waals surface area contributed by atoms with Crippen LogP contribution in [0.3, 0.4) is 0 Å². The number of fused-ring (bicyclic) bond motifs is 4. The molecule has 1 aliphatic rings. The molecule has 2 heterocycles. The average Bonchev–Trinajstić information content (AvgIpc) is 2.95. The molecule has 0 bridgehead atoms. The summed E-state index contributed by atoms with van der Waals surface area (Å²) in [6.45, 7) is 1.72. The third kappa shape index (κ3) is 2.22. The number of rotatable bonds is 3. The highest BCUT2D eigenvalue weighted by Gasteiger charge is 2.31. The summed E-state index contributed by atoms with van der Waals surface area (Å²) in [4.78, 5) is 2.83. The largest absolute Gasteiger partial charge is 0.353 e. The zero-order chi connectivity index (χ0) is 16.9. The zero-order valence-corrected chi connectivity index (χ0v) is 14.5. The van der Waals surface area contributed by atoms with Gasteiger partial charge in [-0.3, -0.25) is 0 Å². The molecule has 0 radical (unpaired) electrons.